The van der Waals surface area contributed by atoms with Crippen molar-refractivity contribution >= 4 is 35.8 Å². The molecule has 0 spiro atoms. The fraction of sp³-hybridized carbons (Fsp3) is 0.381. The summed E-state index contributed by atoms with van der Waals surface area (Å²) in [6.07, 6.45) is 1.39. The third-order valence-corrected chi connectivity index (χ3v) is 5.45. The van der Waals surface area contributed by atoms with Crippen LogP contribution >= 0.6 is 24.2 Å². The number of hydrogen-bond acceptors (Lipinski definition) is 5. The van der Waals surface area contributed by atoms with Crippen LogP contribution < -0.4 is 15.4 Å². The van der Waals surface area contributed by atoms with E-state index in [1.165, 1.54) is 5.56 Å². The van der Waals surface area contributed by atoms with E-state index in [1.807, 2.05) is 60.3 Å². The van der Waals surface area contributed by atoms with Crippen molar-refractivity contribution in [2.45, 2.75) is 18.9 Å². The van der Waals surface area contributed by atoms with Crippen LogP contribution in [-0.2, 0) is 16.0 Å². The monoisotopic (exact) mass is 422 g/mol. The minimum absolute atomic E-state index is 0. The van der Waals surface area contributed by atoms with Gasteiger partial charge in [-0.15, -0.1) is 12.4 Å². The first-order valence-corrected chi connectivity index (χ1v) is 10.3. The smallest absolute Gasteiger partial charge is 0.225 e. The van der Waals surface area contributed by atoms with Crippen molar-refractivity contribution in [3.8, 4) is 11.5 Å². The van der Waals surface area contributed by atoms with Crippen LogP contribution in [0.25, 0.3) is 0 Å². The van der Waals surface area contributed by atoms with E-state index in [2.05, 4.69) is 10.6 Å². The van der Waals surface area contributed by atoms with Crippen molar-refractivity contribution in [2.75, 3.05) is 37.1 Å². The van der Waals surface area contributed by atoms with E-state index in [0.717, 1.165) is 41.7 Å². The van der Waals surface area contributed by atoms with Gasteiger partial charge in [-0.05, 0) is 48.4 Å². The summed E-state index contributed by atoms with van der Waals surface area (Å²) in [4.78, 5) is 12.2. The number of carbonyl (C=O) groups is 1. The van der Waals surface area contributed by atoms with Gasteiger partial charge in [0.15, 0.2) is 0 Å². The van der Waals surface area contributed by atoms with Crippen LogP contribution in [0.2, 0.25) is 0 Å². The zero-order valence-corrected chi connectivity index (χ0v) is 17.6. The zero-order chi connectivity index (χ0) is 18.9. The van der Waals surface area contributed by atoms with Gasteiger partial charge in [0.05, 0.1) is 6.61 Å². The molecule has 0 aromatic heterocycles. The van der Waals surface area contributed by atoms with E-state index < -0.39 is 0 Å². The predicted molar refractivity (Wildman–Crippen MR) is 118 cm³/mol. The number of anilines is 1. The highest BCUT2D eigenvalue weighted by molar-refractivity contribution is 7.99. The Bertz CT molecular complexity index is 719. The quantitative estimate of drug-likeness (QED) is 0.670. The number of amides is 1. The fourth-order valence-electron chi connectivity index (χ4n) is 2.87. The topological polar surface area (TPSA) is 59.6 Å². The molecule has 28 heavy (non-hydrogen) atoms. The van der Waals surface area contributed by atoms with Gasteiger partial charge in [-0.2, -0.15) is 11.8 Å². The average Bonchev–Trinajstić information content (AvgIpc) is 2.70. The Morgan fingerprint density at radius 1 is 1.14 bits per heavy atom. The maximum atomic E-state index is 12.2. The molecule has 1 heterocycles. The van der Waals surface area contributed by atoms with Crippen LogP contribution in [0, 0.1) is 0 Å². The molecule has 2 aromatic rings. The number of thioether (sulfide) groups is 1. The molecule has 152 valence electrons. The molecule has 7 heteroatoms. The summed E-state index contributed by atoms with van der Waals surface area (Å²) in [6, 6.07) is 15.7. The molecule has 2 N–H and O–H groups in total. The largest absolute Gasteiger partial charge is 0.457 e. The minimum atomic E-state index is 0. The second-order valence-electron chi connectivity index (χ2n) is 6.49. The molecular formula is C21H27ClN2O3S. The van der Waals surface area contributed by atoms with Gasteiger partial charge in [-0.3, -0.25) is 4.79 Å². The number of rotatable bonds is 8. The van der Waals surface area contributed by atoms with Crippen molar-refractivity contribution in [1.82, 2.24) is 5.32 Å². The Balaban J connectivity index is 0.00000280. The van der Waals surface area contributed by atoms with Crippen molar-refractivity contribution in [3.05, 3.63) is 54.1 Å². The Morgan fingerprint density at radius 2 is 1.82 bits per heavy atom. The van der Waals surface area contributed by atoms with Gasteiger partial charge in [0.25, 0.3) is 0 Å². The van der Waals surface area contributed by atoms with E-state index >= 15 is 0 Å². The lowest BCUT2D eigenvalue weighted by Gasteiger charge is -2.22. The number of benzene rings is 2. The van der Waals surface area contributed by atoms with Gasteiger partial charge >= 0.3 is 0 Å². The number of nitrogens with one attached hydrogen (secondary N) is 2. The van der Waals surface area contributed by atoms with Gasteiger partial charge in [-0.25, -0.2) is 0 Å². The van der Waals surface area contributed by atoms with Crippen molar-refractivity contribution in [1.29, 1.82) is 0 Å². The number of hydrogen-bond donors (Lipinski definition) is 2. The van der Waals surface area contributed by atoms with E-state index in [0.29, 0.717) is 13.0 Å². The SMILES string of the molecule is COCCc1ccc(Oc2ccc(NC(=O)CC3CSCCN3)cc2)cc1.Cl. The molecule has 1 unspecified atom stereocenters. The number of halogens is 1. The average molecular weight is 423 g/mol. The van der Waals surface area contributed by atoms with E-state index in [-0.39, 0.29) is 24.4 Å². The summed E-state index contributed by atoms with van der Waals surface area (Å²) >= 11 is 1.89. The molecule has 1 amide bonds. The molecular weight excluding hydrogens is 396 g/mol. The van der Waals surface area contributed by atoms with Crippen LogP contribution in [0.4, 0.5) is 5.69 Å². The number of methoxy groups -OCH3 is 1. The molecule has 0 radical (unpaired) electrons. The zero-order valence-electron chi connectivity index (χ0n) is 16.0. The summed E-state index contributed by atoms with van der Waals surface area (Å²) in [5.41, 5.74) is 2.00. The van der Waals surface area contributed by atoms with Crippen LogP contribution in [0.1, 0.15) is 12.0 Å². The number of ether oxygens (including phenoxy) is 2. The molecule has 0 saturated carbocycles. The minimum Gasteiger partial charge on any atom is -0.457 e. The number of carbonyl (C=O) groups excluding carboxylic acids is 1. The maximum absolute atomic E-state index is 12.2. The lowest BCUT2D eigenvalue weighted by Crippen LogP contribution is -2.39. The summed E-state index contributed by atoms with van der Waals surface area (Å²) in [6.45, 7) is 1.69. The highest BCUT2D eigenvalue weighted by atomic mass is 35.5. The van der Waals surface area contributed by atoms with Crippen LogP contribution in [0.15, 0.2) is 48.5 Å². The summed E-state index contributed by atoms with van der Waals surface area (Å²) in [7, 11) is 1.70. The molecule has 5 nitrogen and oxygen atoms in total. The standard InChI is InChI=1S/C21H26N2O3S.ClH/c1-25-12-10-16-2-6-19(7-3-16)26-20-8-4-17(5-9-20)23-21(24)14-18-15-27-13-11-22-18;/h2-9,18,22H,10-15H2,1H3,(H,23,24);1H. The third-order valence-electron chi connectivity index (χ3n) is 4.32. The Morgan fingerprint density at radius 3 is 2.43 bits per heavy atom. The molecule has 1 aliphatic rings. The van der Waals surface area contributed by atoms with Gasteiger partial charge in [0, 0.05) is 43.3 Å². The van der Waals surface area contributed by atoms with E-state index in [9.17, 15) is 4.79 Å². The molecule has 0 aliphatic carbocycles. The third kappa shape index (κ3) is 7.36. The molecule has 1 atom stereocenters. The summed E-state index contributed by atoms with van der Waals surface area (Å²) in [5, 5.41) is 6.33. The summed E-state index contributed by atoms with van der Waals surface area (Å²) in [5.74, 6) is 3.67. The normalized spacial score (nSPS) is 16.1. The van der Waals surface area contributed by atoms with Crippen LogP contribution in [0.5, 0.6) is 11.5 Å². The van der Waals surface area contributed by atoms with Gasteiger partial charge in [0.2, 0.25) is 5.91 Å². The lowest BCUT2D eigenvalue weighted by atomic mass is 10.1. The Hall–Kier alpha value is -1.73. The molecule has 2 aromatic carbocycles. The molecule has 0 bridgehead atoms. The molecule has 1 saturated heterocycles. The lowest BCUT2D eigenvalue weighted by molar-refractivity contribution is -0.116. The first-order chi connectivity index (χ1) is 13.2. The van der Waals surface area contributed by atoms with Crippen LogP contribution in [0.3, 0.4) is 0 Å². The predicted octanol–water partition coefficient (Wildman–Crippen LogP) is 4.12. The van der Waals surface area contributed by atoms with E-state index in [4.69, 9.17) is 9.47 Å². The Kier molecular flexibility index (Phi) is 9.64. The first kappa shape index (κ1) is 22.6. The first-order valence-electron chi connectivity index (χ1n) is 9.20. The van der Waals surface area contributed by atoms with Crippen molar-refractivity contribution in [2.24, 2.45) is 0 Å². The van der Waals surface area contributed by atoms with Crippen molar-refractivity contribution in [3.63, 3.8) is 0 Å². The Labute approximate surface area is 177 Å². The molecule has 1 fully saturated rings. The highest BCUT2D eigenvalue weighted by Crippen LogP contribution is 2.23. The maximum Gasteiger partial charge on any atom is 0.225 e. The van der Waals surface area contributed by atoms with Gasteiger partial charge in [-0.1, -0.05) is 12.1 Å². The second-order valence-corrected chi connectivity index (χ2v) is 7.64. The highest BCUT2D eigenvalue weighted by Gasteiger charge is 2.16. The van der Waals surface area contributed by atoms with Gasteiger partial charge < -0.3 is 20.1 Å². The fourth-order valence-corrected chi connectivity index (χ4v) is 3.82. The van der Waals surface area contributed by atoms with Crippen LogP contribution in [-0.4, -0.2) is 43.7 Å². The van der Waals surface area contributed by atoms with Crippen molar-refractivity contribution < 1.29 is 14.3 Å². The van der Waals surface area contributed by atoms with Gasteiger partial charge in [0.1, 0.15) is 11.5 Å². The summed E-state index contributed by atoms with van der Waals surface area (Å²) < 4.78 is 10.9. The van der Waals surface area contributed by atoms with E-state index in [1.54, 1.807) is 7.11 Å². The molecule has 3 rings (SSSR count). The second kappa shape index (κ2) is 12.0. The molecule has 1 aliphatic heterocycles.